The van der Waals surface area contributed by atoms with Crippen LogP contribution in [0.1, 0.15) is 33.3 Å². The van der Waals surface area contributed by atoms with E-state index in [0.717, 1.165) is 16.2 Å². The van der Waals surface area contributed by atoms with Crippen molar-refractivity contribution in [2.45, 2.75) is 19.9 Å². The van der Waals surface area contributed by atoms with Crippen molar-refractivity contribution in [2.24, 2.45) is 0 Å². The number of nitrogens with zero attached hydrogens (tertiary/aromatic N) is 2. The van der Waals surface area contributed by atoms with Crippen LogP contribution in [0, 0.1) is 11.3 Å². The summed E-state index contributed by atoms with van der Waals surface area (Å²) in [5, 5.41) is 13.0. The van der Waals surface area contributed by atoms with Gasteiger partial charge in [-0.05, 0) is 29.9 Å². The van der Waals surface area contributed by atoms with Gasteiger partial charge in [-0.2, -0.15) is 5.26 Å². The lowest BCUT2D eigenvalue weighted by molar-refractivity contribution is 0.102. The van der Waals surface area contributed by atoms with Crippen LogP contribution in [-0.2, 0) is 13.0 Å². The summed E-state index contributed by atoms with van der Waals surface area (Å²) in [5.74, 6) is 0.513. The van der Waals surface area contributed by atoms with E-state index >= 15 is 0 Å². The summed E-state index contributed by atoms with van der Waals surface area (Å²) < 4.78 is 0. The van der Waals surface area contributed by atoms with Gasteiger partial charge < -0.3 is 10.2 Å². The van der Waals surface area contributed by atoms with Crippen LogP contribution in [0.4, 0.5) is 9.80 Å². The number of nitrogens with one attached hydrogen (secondary N) is 1. The molecule has 0 aliphatic carbocycles. The van der Waals surface area contributed by atoms with Crippen LogP contribution in [0.2, 0.25) is 0 Å². The Labute approximate surface area is 154 Å². The van der Waals surface area contributed by atoms with Crippen LogP contribution in [0.15, 0.2) is 30.3 Å². The maximum Gasteiger partial charge on any atom is 0.281 e. The monoisotopic (exact) mass is 371 g/mol. The Hall–Kier alpha value is -2.30. The number of thiophene rings is 1. The molecule has 0 unspecified atom stereocenters. The van der Waals surface area contributed by atoms with E-state index in [1.807, 2.05) is 13.0 Å². The Morgan fingerprint density at radius 3 is 2.80 bits per heavy atom. The molecule has 2 amide bonds. The molecule has 0 saturated heterocycles. The van der Waals surface area contributed by atoms with E-state index in [9.17, 15) is 14.9 Å². The van der Waals surface area contributed by atoms with E-state index in [-0.39, 0.29) is 11.1 Å². The molecular formula is C18H17N3O2S2. The van der Waals surface area contributed by atoms with Gasteiger partial charge in [0, 0.05) is 17.0 Å². The largest absolute Gasteiger partial charge is 0.328 e. The number of thioether (sulfide) groups is 1. The summed E-state index contributed by atoms with van der Waals surface area (Å²) in [6, 6.07) is 11.1. The van der Waals surface area contributed by atoms with E-state index in [0.29, 0.717) is 35.6 Å². The fourth-order valence-electron chi connectivity index (χ4n) is 2.75. The smallest absolute Gasteiger partial charge is 0.281 e. The van der Waals surface area contributed by atoms with Crippen LogP contribution < -0.4 is 5.32 Å². The summed E-state index contributed by atoms with van der Waals surface area (Å²) in [7, 11) is 0. The van der Waals surface area contributed by atoms with Crippen molar-refractivity contribution in [3.8, 4) is 6.07 Å². The fourth-order valence-corrected chi connectivity index (χ4v) is 4.54. The van der Waals surface area contributed by atoms with Crippen LogP contribution in [0.3, 0.4) is 0 Å². The molecule has 2 heterocycles. The molecule has 7 heteroatoms. The second-order valence-electron chi connectivity index (χ2n) is 5.51. The molecule has 3 rings (SSSR count). The van der Waals surface area contributed by atoms with Crippen molar-refractivity contribution in [2.75, 3.05) is 17.6 Å². The molecule has 25 heavy (non-hydrogen) atoms. The lowest BCUT2D eigenvalue weighted by Crippen LogP contribution is -2.32. The van der Waals surface area contributed by atoms with E-state index in [1.165, 1.54) is 23.1 Å². The number of hydrogen-bond donors (Lipinski definition) is 1. The van der Waals surface area contributed by atoms with Gasteiger partial charge in [0.2, 0.25) is 0 Å². The van der Waals surface area contributed by atoms with Crippen LogP contribution in [-0.4, -0.2) is 28.3 Å². The van der Waals surface area contributed by atoms with E-state index in [4.69, 9.17) is 0 Å². The number of rotatable bonds is 3. The lowest BCUT2D eigenvalue weighted by Gasteiger charge is -2.26. The molecule has 1 aliphatic heterocycles. The highest BCUT2D eigenvalue weighted by Crippen LogP contribution is 2.37. The highest BCUT2D eigenvalue weighted by molar-refractivity contribution is 8.13. The number of benzene rings is 1. The standard InChI is InChI=1S/C18H17N3O2S2/c1-2-24-18(23)21-9-8-13-14(10-19)17(25-15(13)11-21)20-16(22)12-6-4-3-5-7-12/h3-7H,2,8-9,11H2,1H3,(H,20,22). The molecule has 1 aliphatic rings. The van der Waals surface area contributed by atoms with Crippen LogP contribution in [0.5, 0.6) is 0 Å². The molecule has 0 atom stereocenters. The zero-order valence-corrected chi connectivity index (χ0v) is 15.4. The Bertz CT molecular complexity index is 840. The molecule has 2 aromatic rings. The fraction of sp³-hybridized carbons (Fsp3) is 0.278. The minimum Gasteiger partial charge on any atom is -0.328 e. The maximum atomic E-state index is 12.4. The lowest BCUT2D eigenvalue weighted by atomic mass is 10.0. The number of hydrogen-bond acceptors (Lipinski definition) is 5. The van der Waals surface area contributed by atoms with Gasteiger partial charge in [-0.3, -0.25) is 9.59 Å². The van der Waals surface area contributed by atoms with Gasteiger partial charge in [0.15, 0.2) is 0 Å². The molecule has 1 aromatic heterocycles. The average molecular weight is 371 g/mol. The highest BCUT2D eigenvalue weighted by Gasteiger charge is 2.27. The molecule has 0 radical (unpaired) electrons. The predicted octanol–water partition coefficient (Wildman–Crippen LogP) is 4.10. The van der Waals surface area contributed by atoms with Crippen molar-refractivity contribution < 1.29 is 9.59 Å². The summed E-state index contributed by atoms with van der Waals surface area (Å²) in [5.41, 5.74) is 2.04. The third-order valence-electron chi connectivity index (χ3n) is 3.96. The van der Waals surface area contributed by atoms with Gasteiger partial charge in [0.1, 0.15) is 11.1 Å². The van der Waals surface area contributed by atoms with Crippen molar-refractivity contribution >= 4 is 39.2 Å². The first-order valence-electron chi connectivity index (χ1n) is 7.96. The van der Waals surface area contributed by atoms with E-state index in [2.05, 4.69) is 11.4 Å². The number of carbonyl (C=O) groups is 2. The van der Waals surface area contributed by atoms with Gasteiger partial charge in [-0.1, -0.05) is 36.9 Å². The minimum atomic E-state index is -0.231. The van der Waals surface area contributed by atoms with Crippen LogP contribution in [0.25, 0.3) is 0 Å². The molecule has 0 bridgehead atoms. The zero-order valence-electron chi connectivity index (χ0n) is 13.7. The summed E-state index contributed by atoms with van der Waals surface area (Å²) in [6.07, 6.45) is 0.645. The Morgan fingerprint density at radius 1 is 1.36 bits per heavy atom. The average Bonchev–Trinajstić information content (AvgIpc) is 2.98. The quantitative estimate of drug-likeness (QED) is 0.881. The zero-order chi connectivity index (χ0) is 17.8. The first-order valence-corrected chi connectivity index (χ1v) is 9.77. The SMILES string of the molecule is CCSC(=O)N1CCc2c(sc(NC(=O)c3ccccc3)c2C#N)C1. The number of fused-ring (bicyclic) bond motifs is 1. The van der Waals surface area contributed by atoms with Gasteiger partial charge in [-0.25, -0.2) is 0 Å². The van der Waals surface area contributed by atoms with Gasteiger partial charge >= 0.3 is 0 Å². The topological polar surface area (TPSA) is 73.2 Å². The maximum absolute atomic E-state index is 12.4. The number of carbonyl (C=O) groups excluding carboxylic acids is 2. The third-order valence-corrected chi connectivity index (χ3v) is 5.88. The molecule has 5 nitrogen and oxygen atoms in total. The molecule has 0 fully saturated rings. The summed E-state index contributed by atoms with van der Waals surface area (Å²) in [6.45, 7) is 3.06. The van der Waals surface area contributed by atoms with Gasteiger partial charge in [0.05, 0.1) is 12.1 Å². The van der Waals surface area contributed by atoms with Gasteiger partial charge in [0.25, 0.3) is 11.1 Å². The molecule has 0 spiro atoms. The normalized spacial score (nSPS) is 13.0. The second kappa shape index (κ2) is 7.72. The summed E-state index contributed by atoms with van der Waals surface area (Å²) >= 11 is 2.69. The second-order valence-corrected chi connectivity index (χ2v) is 7.83. The molecule has 1 N–H and O–H groups in total. The van der Waals surface area contributed by atoms with Crippen molar-refractivity contribution in [1.82, 2.24) is 4.90 Å². The van der Waals surface area contributed by atoms with Crippen LogP contribution >= 0.6 is 23.1 Å². The molecule has 1 aromatic carbocycles. The van der Waals surface area contributed by atoms with E-state index < -0.39 is 0 Å². The number of anilines is 1. The Morgan fingerprint density at radius 2 is 2.12 bits per heavy atom. The summed E-state index contributed by atoms with van der Waals surface area (Å²) in [4.78, 5) is 27.2. The number of amides is 2. The van der Waals surface area contributed by atoms with Crippen molar-refractivity contribution in [3.05, 3.63) is 51.9 Å². The Kier molecular flexibility index (Phi) is 5.41. The minimum absolute atomic E-state index is 0.0647. The first-order chi connectivity index (χ1) is 12.1. The molecule has 128 valence electrons. The first kappa shape index (κ1) is 17.5. The van der Waals surface area contributed by atoms with Crippen molar-refractivity contribution in [3.63, 3.8) is 0 Å². The highest BCUT2D eigenvalue weighted by atomic mass is 32.2. The third kappa shape index (κ3) is 3.70. The van der Waals surface area contributed by atoms with Gasteiger partial charge in [-0.15, -0.1) is 11.3 Å². The number of nitriles is 1. The molecule has 0 saturated carbocycles. The predicted molar refractivity (Wildman–Crippen MR) is 101 cm³/mol. The Balaban J connectivity index is 1.82. The van der Waals surface area contributed by atoms with Crippen molar-refractivity contribution in [1.29, 1.82) is 5.26 Å². The van der Waals surface area contributed by atoms with E-state index in [1.54, 1.807) is 29.2 Å². The molecular weight excluding hydrogens is 354 g/mol.